The van der Waals surface area contributed by atoms with E-state index in [4.69, 9.17) is 4.74 Å². The maximum atomic E-state index is 11.7. The van der Waals surface area contributed by atoms with Crippen molar-refractivity contribution in [1.29, 1.82) is 0 Å². The molecule has 2 nitrogen and oxygen atoms in total. The van der Waals surface area contributed by atoms with Crippen molar-refractivity contribution in [3.05, 3.63) is 0 Å². The van der Waals surface area contributed by atoms with E-state index in [1.807, 2.05) is 0 Å². The largest absolute Gasteiger partial charge is 0.462 e. The lowest BCUT2D eigenvalue weighted by Gasteiger charge is -2.22. The van der Waals surface area contributed by atoms with Gasteiger partial charge in [-0.2, -0.15) is 0 Å². The Morgan fingerprint density at radius 2 is 1.65 bits per heavy atom. The first-order valence-corrected chi connectivity index (χ1v) is 7.29. The average Bonchev–Trinajstić information content (AvgIpc) is 2.26. The zero-order valence-corrected chi connectivity index (χ0v) is 11.7. The van der Waals surface area contributed by atoms with Crippen LogP contribution >= 0.6 is 0 Å². The highest BCUT2D eigenvalue weighted by atomic mass is 16.5. The summed E-state index contributed by atoms with van der Waals surface area (Å²) < 4.78 is 5.57. The van der Waals surface area contributed by atoms with E-state index in [0.29, 0.717) is 12.3 Å². The second-order valence-corrected chi connectivity index (χ2v) is 5.91. The minimum absolute atomic E-state index is 0.0110. The summed E-state index contributed by atoms with van der Waals surface area (Å²) in [5.41, 5.74) is 0. The molecule has 0 N–H and O–H groups in total. The first-order valence-electron chi connectivity index (χ1n) is 7.29. The van der Waals surface area contributed by atoms with Gasteiger partial charge >= 0.3 is 5.97 Å². The smallest absolute Gasteiger partial charge is 0.306 e. The summed E-state index contributed by atoms with van der Waals surface area (Å²) in [5.74, 6) is 1.28. The third-order valence-corrected chi connectivity index (χ3v) is 3.79. The Kier molecular flexibility index (Phi) is 6.61. The minimum Gasteiger partial charge on any atom is -0.462 e. The normalized spacial score (nSPS) is 29.3. The van der Waals surface area contributed by atoms with Gasteiger partial charge in [-0.25, -0.2) is 0 Å². The van der Waals surface area contributed by atoms with Gasteiger partial charge in [-0.1, -0.05) is 46.5 Å². The van der Waals surface area contributed by atoms with Gasteiger partial charge in [0.2, 0.25) is 0 Å². The van der Waals surface area contributed by atoms with Gasteiger partial charge < -0.3 is 4.74 Å². The zero-order valence-electron chi connectivity index (χ0n) is 11.7. The van der Waals surface area contributed by atoms with Gasteiger partial charge in [0.15, 0.2) is 0 Å². The number of cyclic esters (lactones) is 1. The molecular formula is C15H28O2. The van der Waals surface area contributed by atoms with Crippen LogP contribution in [0.1, 0.15) is 72.1 Å². The monoisotopic (exact) mass is 240 g/mol. The predicted octanol–water partition coefficient (Wildman–Crippen LogP) is 4.32. The van der Waals surface area contributed by atoms with Crippen molar-refractivity contribution in [1.82, 2.24) is 0 Å². The molecule has 1 rings (SSSR count). The number of hydrogen-bond acceptors (Lipinski definition) is 2. The number of carbonyl (C=O) groups is 1. The van der Waals surface area contributed by atoms with E-state index in [2.05, 4.69) is 20.8 Å². The maximum Gasteiger partial charge on any atom is 0.306 e. The third-order valence-electron chi connectivity index (χ3n) is 3.79. The number of hydrogen-bond donors (Lipinski definition) is 0. The molecule has 1 heterocycles. The van der Waals surface area contributed by atoms with Crippen molar-refractivity contribution in [2.75, 3.05) is 0 Å². The molecule has 0 bridgehead atoms. The molecule has 0 aromatic carbocycles. The van der Waals surface area contributed by atoms with Crippen LogP contribution in [0.5, 0.6) is 0 Å². The summed E-state index contributed by atoms with van der Waals surface area (Å²) >= 11 is 0. The van der Waals surface area contributed by atoms with Crippen molar-refractivity contribution < 1.29 is 9.53 Å². The number of esters is 1. The molecule has 0 aromatic rings. The fourth-order valence-corrected chi connectivity index (χ4v) is 2.50. The van der Waals surface area contributed by atoms with E-state index in [-0.39, 0.29) is 12.1 Å². The molecule has 0 aromatic heterocycles. The SMILES string of the molecule is CC(C)[C@H]1CCCC[C@@H](C)CCCCC(=O)O1. The molecule has 0 unspecified atom stereocenters. The molecule has 100 valence electrons. The van der Waals surface area contributed by atoms with Gasteiger partial charge in [0.05, 0.1) is 0 Å². The van der Waals surface area contributed by atoms with Crippen LogP contribution in [0.3, 0.4) is 0 Å². The lowest BCUT2D eigenvalue weighted by Crippen LogP contribution is -2.24. The summed E-state index contributed by atoms with van der Waals surface area (Å²) in [7, 11) is 0. The van der Waals surface area contributed by atoms with Crippen molar-refractivity contribution in [3.8, 4) is 0 Å². The lowest BCUT2D eigenvalue weighted by atomic mass is 9.94. The van der Waals surface area contributed by atoms with E-state index >= 15 is 0 Å². The van der Waals surface area contributed by atoms with Crippen molar-refractivity contribution >= 4 is 5.97 Å². The second-order valence-electron chi connectivity index (χ2n) is 5.91. The molecule has 0 saturated carbocycles. The molecule has 2 atom stereocenters. The average molecular weight is 240 g/mol. The van der Waals surface area contributed by atoms with Crippen LogP contribution in [0.2, 0.25) is 0 Å². The summed E-state index contributed by atoms with van der Waals surface area (Å²) in [5, 5.41) is 0. The summed E-state index contributed by atoms with van der Waals surface area (Å²) in [6, 6.07) is 0. The molecule has 2 heteroatoms. The number of carbonyl (C=O) groups excluding carboxylic acids is 1. The standard InChI is InChI=1S/C15H28O2/c1-12(2)14-10-6-4-8-13(3)9-5-7-11-15(16)17-14/h12-14H,4-11H2,1-3H3/t13-,14-/m1/s1. The third kappa shape index (κ3) is 6.09. The molecule has 0 amide bonds. The molecule has 0 radical (unpaired) electrons. The summed E-state index contributed by atoms with van der Waals surface area (Å²) in [6.45, 7) is 6.63. The fourth-order valence-electron chi connectivity index (χ4n) is 2.50. The zero-order chi connectivity index (χ0) is 12.7. The van der Waals surface area contributed by atoms with Crippen LogP contribution in [0.4, 0.5) is 0 Å². The summed E-state index contributed by atoms with van der Waals surface area (Å²) in [4.78, 5) is 11.7. The highest BCUT2D eigenvalue weighted by Crippen LogP contribution is 2.21. The van der Waals surface area contributed by atoms with Crippen LogP contribution in [-0.4, -0.2) is 12.1 Å². The van der Waals surface area contributed by atoms with Gasteiger partial charge in [-0.15, -0.1) is 0 Å². The Morgan fingerprint density at radius 3 is 2.29 bits per heavy atom. The van der Waals surface area contributed by atoms with Crippen molar-refractivity contribution in [2.24, 2.45) is 11.8 Å². The molecular weight excluding hydrogens is 212 g/mol. The Balaban J connectivity index is 2.46. The van der Waals surface area contributed by atoms with Gasteiger partial charge in [0, 0.05) is 6.42 Å². The molecule has 1 aliphatic rings. The van der Waals surface area contributed by atoms with Crippen LogP contribution in [-0.2, 0) is 9.53 Å². The molecule has 1 fully saturated rings. The van der Waals surface area contributed by atoms with Crippen molar-refractivity contribution in [2.45, 2.75) is 78.2 Å². The van der Waals surface area contributed by atoms with Gasteiger partial charge in [-0.3, -0.25) is 4.79 Å². The van der Waals surface area contributed by atoms with Crippen LogP contribution < -0.4 is 0 Å². The number of ether oxygens (including phenoxy) is 1. The topological polar surface area (TPSA) is 26.3 Å². The van der Waals surface area contributed by atoms with Crippen LogP contribution in [0.25, 0.3) is 0 Å². The lowest BCUT2D eigenvalue weighted by molar-refractivity contribution is -0.152. The van der Waals surface area contributed by atoms with E-state index in [0.717, 1.165) is 18.8 Å². The first-order chi connectivity index (χ1) is 8.09. The molecule has 17 heavy (non-hydrogen) atoms. The Bertz CT molecular complexity index is 223. The number of rotatable bonds is 1. The van der Waals surface area contributed by atoms with Crippen LogP contribution in [0, 0.1) is 11.8 Å². The minimum atomic E-state index is 0.0110. The van der Waals surface area contributed by atoms with E-state index < -0.39 is 0 Å². The fraction of sp³-hybridized carbons (Fsp3) is 0.933. The van der Waals surface area contributed by atoms with Gasteiger partial charge in [-0.05, 0) is 31.1 Å². The van der Waals surface area contributed by atoms with Gasteiger partial charge in [0.1, 0.15) is 6.10 Å². The molecule has 1 aliphatic heterocycles. The quantitative estimate of drug-likeness (QED) is 0.638. The Morgan fingerprint density at radius 1 is 1.06 bits per heavy atom. The van der Waals surface area contributed by atoms with Gasteiger partial charge in [0.25, 0.3) is 0 Å². The molecule has 0 aliphatic carbocycles. The Hall–Kier alpha value is -0.530. The highest BCUT2D eigenvalue weighted by Gasteiger charge is 2.18. The predicted molar refractivity (Wildman–Crippen MR) is 70.8 cm³/mol. The maximum absolute atomic E-state index is 11.7. The molecule has 0 spiro atoms. The van der Waals surface area contributed by atoms with Crippen LogP contribution in [0.15, 0.2) is 0 Å². The van der Waals surface area contributed by atoms with E-state index in [1.54, 1.807) is 0 Å². The van der Waals surface area contributed by atoms with Crippen molar-refractivity contribution in [3.63, 3.8) is 0 Å². The van der Waals surface area contributed by atoms with E-state index in [9.17, 15) is 4.79 Å². The Labute approximate surface area is 106 Å². The first kappa shape index (κ1) is 14.5. The second kappa shape index (κ2) is 7.73. The highest BCUT2D eigenvalue weighted by molar-refractivity contribution is 5.69. The van der Waals surface area contributed by atoms with E-state index in [1.165, 1.54) is 32.1 Å². The molecule has 1 saturated heterocycles. The summed E-state index contributed by atoms with van der Waals surface area (Å²) in [6.07, 6.45) is 9.02.